The molecule has 1 atom stereocenters. The van der Waals surface area contributed by atoms with Crippen molar-refractivity contribution in [2.45, 2.75) is 50.4 Å². The molecule has 2 aliphatic rings. The Labute approximate surface area is 123 Å². The predicted molar refractivity (Wildman–Crippen MR) is 75.6 cm³/mol. The summed E-state index contributed by atoms with van der Waals surface area (Å²) in [7, 11) is 0. The van der Waals surface area contributed by atoms with Crippen LogP contribution in [0.25, 0.3) is 0 Å². The third-order valence-electron chi connectivity index (χ3n) is 4.39. The number of nitrogens with one attached hydrogen (secondary N) is 1. The van der Waals surface area contributed by atoms with E-state index in [0.29, 0.717) is 6.54 Å². The Balaban J connectivity index is 1.73. The maximum atomic E-state index is 12.3. The molecule has 1 spiro atoms. The fraction of sp³-hybridized carbons (Fsp3) is 0.625. The molecule has 5 heteroatoms. The van der Waals surface area contributed by atoms with Gasteiger partial charge in [-0.2, -0.15) is 8.78 Å². The molecule has 0 bridgehead atoms. The summed E-state index contributed by atoms with van der Waals surface area (Å²) in [5.41, 5.74) is 0.811. The van der Waals surface area contributed by atoms with Crippen molar-refractivity contribution < 1.29 is 18.3 Å². The third kappa shape index (κ3) is 3.52. The molecule has 0 aromatic heterocycles. The van der Waals surface area contributed by atoms with E-state index in [9.17, 15) is 8.78 Å². The Morgan fingerprint density at radius 2 is 2.05 bits per heavy atom. The van der Waals surface area contributed by atoms with E-state index in [4.69, 9.17) is 4.74 Å². The lowest BCUT2D eigenvalue weighted by molar-refractivity contribution is -0.135. The summed E-state index contributed by atoms with van der Waals surface area (Å²) in [5, 5.41) is 3.44. The second-order valence-electron chi connectivity index (χ2n) is 5.93. The van der Waals surface area contributed by atoms with Crippen molar-refractivity contribution in [1.82, 2.24) is 5.32 Å². The van der Waals surface area contributed by atoms with Gasteiger partial charge >= 0.3 is 6.61 Å². The summed E-state index contributed by atoms with van der Waals surface area (Å²) in [6.45, 7) is -1.20. The Kier molecular flexibility index (Phi) is 4.40. The molecule has 1 aromatic rings. The van der Waals surface area contributed by atoms with Gasteiger partial charge < -0.3 is 14.8 Å². The fourth-order valence-corrected chi connectivity index (χ4v) is 3.38. The van der Waals surface area contributed by atoms with E-state index in [2.05, 4.69) is 10.1 Å². The van der Waals surface area contributed by atoms with E-state index in [-0.39, 0.29) is 17.5 Å². The van der Waals surface area contributed by atoms with Crippen molar-refractivity contribution in [2.75, 3.05) is 13.1 Å². The lowest BCUT2D eigenvalue weighted by Gasteiger charge is -2.44. The van der Waals surface area contributed by atoms with Crippen molar-refractivity contribution in [3.05, 3.63) is 29.8 Å². The molecule has 3 rings (SSSR count). The van der Waals surface area contributed by atoms with Gasteiger partial charge in [0.2, 0.25) is 0 Å². The second kappa shape index (κ2) is 6.28. The van der Waals surface area contributed by atoms with Crippen LogP contribution in [0, 0.1) is 0 Å². The van der Waals surface area contributed by atoms with Gasteiger partial charge in [0.15, 0.2) is 0 Å². The molecule has 1 aliphatic heterocycles. The number of hydrogen-bond donors (Lipinski definition) is 1. The average molecular weight is 297 g/mol. The number of rotatable bonds is 3. The predicted octanol–water partition coefficient (Wildman–Crippen LogP) is 3.65. The number of alkyl halides is 2. The molecule has 2 fully saturated rings. The maximum Gasteiger partial charge on any atom is 0.387 e. The van der Waals surface area contributed by atoms with Gasteiger partial charge in [0.1, 0.15) is 5.75 Å². The Morgan fingerprint density at radius 3 is 2.81 bits per heavy atom. The molecule has 1 aromatic carbocycles. The van der Waals surface area contributed by atoms with Gasteiger partial charge in [-0.15, -0.1) is 0 Å². The summed E-state index contributed by atoms with van der Waals surface area (Å²) >= 11 is 0. The zero-order valence-corrected chi connectivity index (χ0v) is 12.0. The minimum absolute atomic E-state index is 0.0826. The van der Waals surface area contributed by atoms with Crippen molar-refractivity contribution in [3.63, 3.8) is 0 Å². The van der Waals surface area contributed by atoms with Crippen molar-refractivity contribution in [2.24, 2.45) is 0 Å². The lowest BCUT2D eigenvalue weighted by atomic mass is 9.83. The number of hydrogen-bond acceptors (Lipinski definition) is 3. The normalized spacial score (nSPS) is 25.2. The van der Waals surface area contributed by atoms with Crippen LogP contribution in [-0.2, 0) is 4.74 Å². The fourth-order valence-electron chi connectivity index (χ4n) is 3.38. The zero-order valence-electron chi connectivity index (χ0n) is 12.0. The summed E-state index contributed by atoms with van der Waals surface area (Å²) in [4.78, 5) is 0. The molecule has 1 N–H and O–H groups in total. The van der Waals surface area contributed by atoms with Crippen LogP contribution in [0.1, 0.15) is 43.8 Å². The highest BCUT2D eigenvalue weighted by molar-refractivity contribution is 5.30. The average Bonchev–Trinajstić information content (AvgIpc) is 2.48. The SMILES string of the molecule is FC(F)Oc1cccc(C2CNCC3(CCCCC3)O2)c1. The molecular formula is C16H21F2NO2. The minimum atomic E-state index is -2.80. The van der Waals surface area contributed by atoms with Gasteiger partial charge in [0.05, 0.1) is 11.7 Å². The maximum absolute atomic E-state index is 12.3. The Hall–Kier alpha value is -1.20. The molecule has 116 valence electrons. The van der Waals surface area contributed by atoms with E-state index in [1.54, 1.807) is 18.2 Å². The highest BCUT2D eigenvalue weighted by Gasteiger charge is 2.38. The van der Waals surface area contributed by atoms with Crippen LogP contribution in [0.15, 0.2) is 24.3 Å². The number of benzene rings is 1. The zero-order chi connectivity index (χ0) is 14.7. The van der Waals surface area contributed by atoms with Crippen LogP contribution in [0.4, 0.5) is 8.78 Å². The van der Waals surface area contributed by atoms with Crippen LogP contribution in [0.5, 0.6) is 5.75 Å². The summed E-state index contributed by atoms with van der Waals surface area (Å²) in [6, 6.07) is 6.84. The number of morpholine rings is 1. The van der Waals surface area contributed by atoms with Crippen molar-refractivity contribution in [1.29, 1.82) is 0 Å². The van der Waals surface area contributed by atoms with Gasteiger partial charge in [0.25, 0.3) is 0 Å². The van der Waals surface area contributed by atoms with Crippen LogP contribution >= 0.6 is 0 Å². The van der Waals surface area contributed by atoms with Crippen LogP contribution < -0.4 is 10.1 Å². The molecule has 1 aliphatic carbocycles. The van der Waals surface area contributed by atoms with Crippen molar-refractivity contribution >= 4 is 0 Å². The number of ether oxygens (including phenoxy) is 2. The molecule has 1 heterocycles. The molecule has 0 amide bonds. The molecule has 1 unspecified atom stereocenters. The molecule has 21 heavy (non-hydrogen) atoms. The first-order valence-corrected chi connectivity index (χ1v) is 7.60. The lowest BCUT2D eigenvalue weighted by Crippen LogP contribution is -2.51. The first kappa shape index (κ1) is 14.7. The van der Waals surface area contributed by atoms with Gasteiger partial charge in [-0.3, -0.25) is 0 Å². The minimum Gasteiger partial charge on any atom is -0.435 e. The molecule has 0 radical (unpaired) electrons. The van der Waals surface area contributed by atoms with Gasteiger partial charge in [0, 0.05) is 13.1 Å². The molecular weight excluding hydrogens is 276 g/mol. The van der Waals surface area contributed by atoms with E-state index >= 15 is 0 Å². The quantitative estimate of drug-likeness (QED) is 0.923. The van der Waals surface area contributed by atoms with E-state index in [1.807, 2.05) is 6.07 Å². The summed E-state index contributed by atoms with van der Waals surface area (Å²) in [6.07, 6.45) is 5.71. The first-order chi connectivity index (χ1) is 10.2. The van der Waals surface area contributed by atoms with Crippen LogP contribution in [0.3, 0.4) is 0 Å². The van der Waals surface area contributed by atoms with E-state index < -0.39 is 6.61 Å². The van der Waals surface area contributed by atoms with E-state index in [0.717, 1.165) is 24.9 Å². The van der Waals surface area contributed by atoms with Crippen LogP contribution in [0.2, 0.25) is 0 Å². The monoisotopic (exact) mass is 297 g/mol. The number of halogens is 2. The molecule has 1 saturated carbocycles. The highest BCUT2D eigenvalue weighted by atomic mass is 19.3. The van der Waals surface area contributed by atoms with Crippen molar-refractivity contribution in [3.8, 4) is 5.75 Å². The smallest absolute Gasteiger partial charge is 0.387 e. The Bertz CT molecular complexity index is 470. The topological polar surface area (TPSA) is 30.5 Å². The van der Waals surface area contributed by atoms with Crippen LogP contribution in [-0.4, -0.2) is 25.3 Å². The Morgan fingerprint density at radius 1 is 1.24 bits per heavy atom. The van der Waals surface area contributed by atoms with Gasteiger partial charge in [-0.1, -0.05) is 31.4 Å². The van der Waals surface area contributed by atoms with Gasteiger partial charge in [-0.05, 0) is 30.5 Å². The second-order valence-corrected chi connectivity index (χ2v) is 5.93. The highest BCUT2D eigenvalue weighted by Crippen LogP contribution is 2.38. The summed E-state index contributed by atoms with van der Waals surface area (Å²) < 4.78 is 35.5. The summed E-state index contributed by atoms with van der Waals surface area (Å²) in [5.74, 6) is 0.189. The van der Waals surface area contributed by atoms with E-state index in [1.165, 1.54) is 19.3 Å². The van der Waals surface area contributed by atoms with Gasteiger partial charge in [-0.25, -0.2) is 0 Å². The molecule has 3 nitrogen and oxygen atoms in total. The standard InChI is InChI=1S/C16H21F2NO2/c17-15(18)20-13-6-4-5-12(9-13)14-10-19-11-16(21-14)7-2-1-3-8-16/h4-6,9,14-15,19H,1-3,7-8,10-11H2. The third-order valence-corrected chi connectivity index (χ3v) is 4.39. The molecule has 1 saturated heterocycles. The first-order valence-electron chi connectivity index (χ1n) is 7.60. The largest absolute Gasteiger partial charge is 0.435 e.